The molecule has 0 amide bonds. The van der Waals surface area contributed by atoms with Gasteiger partial charge in [0.15, 0.2) is 5.82 Å². The molecule has 18 heavy (non-hydrogen) atoms. The van der Waals surface area contributed by atoms with E-state index in [2.05, 4.69) is 9.88 Å². The highest BCUT2D eigenvalue weighted by Gasteiger charge is 2.21. The topological polar surface area (TPSA) is 57.8 Å². The molecule has 2 aromatic heterocycles. The van der Waals surface area contributed by atoms with E-state index in [0.717, 1.165) is 30.2 Å². The van der Waals surface area contributed by atoms with Crippen molar-refractivity contribution in [3.63, 3.8) is 0 Å². The Morgan fingerprint density at radius 3 is 2.83 bits per heavy atom. The van der Waals surface area contributed by atoms with Gasteiger partial charge in [0, 0.05) is 41.6 Å². The molecule has 5 nitrogen and oxygen atoms in total. The molecule has 2 aromatic rings. The lowest BCUT2D eigenvalue weighted by Gasteiger charge is -2.27. The summed E-state index contributed by atoms with van der Waals surface area (Å²) in [7, 11) is -0.700. The molecule has 0 atom stereocenters. The van der Waals surface area contributed by atoms with Crippen molar-refractivity contribution in [2.75, 3.05) is 29.5 Å². The van der Waals surface area contributed by atoms with Crippen molar-refractivity contribution in [3.8, 4) is 0 Å². The second-order valence-corrected chi connectivity index (χ2v) is 6.00. The number of rotatable bonds is 2. The van der Waals surface area contributed by atoms with E-state index in [1.807, 2.05) is 28.8 Å². The second-order valence-electron chi connectivity index (χ2n) is 4.30. The fourth-order valence-electron chi connectivity index (χ4n) is 2.28. The van der Waals surface area contributed by atoms with Crippen LogP contribution in [0.2, 0.25) is 0 Å². The van der Waals surface area contributed by atoms with Gasteiger partial charge in [-0.2, -0.15) is 0 Å². The van der Waals surface area contributed by atoms with Gasteiger partial charge in [-0.05, 0) is 12.1 Å². The van der Waals surface area contributed by atoms with Gasteiger partial charge in [-0.25, -0.2) is 4.98 Å². The summed E-state index contributed by atoms with van der Waals surface area (Å²) in [6.07, 6.45) is 1.90. The molecule has 0 unspecified atom stereocenters. The fourth-order valence-corrected chi connectivity index (χ4v) is 3.34. The number of hydrogen-bond donors (Lipinski definition) is 1. The smallest absolute Gasteiger partial charge is 0.153 e. The molecule has 0 aromatic carbocycles. The lowest BCUT2D eigenvalue weighted by molar-refractivity contribution is 0.276. The van der Waals surface area contributed by atoms with Crippen molar-refractivity contribution in [2.45, 2.75) is 6.61 Å². The van der Waals surface area contributed by atoms with Crippen LogP contribution in [-0.4, -0.2) is 43.3 Å². The molecule has 1 fully saturated rings. The zero-order valence-corrected chi connectivity index (χ0v) is 10.8. The fraction of sp³-hybridized carbons (Fsp3) is 0.417. The third-order valence-corrected chi connectivity index (χ3v) is 4.51. The van der Waals surface area contributed by atoms with E-state index >= 15 is 0 Å². The predicted octanol–water partition coefficient (Wildman–Crippen LogP) is 0.395. The van der Waals surface area contributed by atoms with E-state index in [4.69, 9.17) is 0 Å². The van der Waals surface area contributed by atoms with Crippen LogP contribution in [0.15, 0.2) is 24.4 Å². The highest BCUT2D eigenvalue weighted by molar-refractivity contribution is 7.85. The maximum Gasteiger partial charge on any atom is 0.153 e. The average molecular weight is 265 g/mol. The van der Waals surface area contributed by atoms with Crippen molar-refractivity contribution in [3.05, 3.63) is 30.1 Å². The summed E-state index contributed by atoms with van der Waals surface area (Å²) in [6, 6.07) is 5.77. The van der Waals surface area contributed by atoms with Crippen LogP contribution < -0.4 is 4.90 Å². The maximum absolute atomic E-state index is 11.4. The monoisotopic (exact) mass is 265 g/mol. The van der Waals surface area contributed by atoms with Crippen LogP contribution in [0.5, 0.6) is 0 Å². The van der Waals surface area contributed by atoms with Gasteiger partial charge in [-0.1, -0.05) is 6.07 Å². The summed E-state index contributed by atoms with van der Waals surface area (Å²) in [5.74, 6) is 2.18. The number of aliphatic hydroxyl groups excluding tert-OH is 1. The SMILES string of the molecule is O=S1CCN(c2nc3ccccn3c2CO)CC1. The summed E-state index contributed by atoms with van der Waals surface area (Å²) >= 11 is 0. The van der Waals surface area contributed by atoms with Gasteiger partial charge in [-0.3, -0.25) is 8.61 Å². The minimum Gasteiger partial charge on any atom is -0.390 e. The van der Waals surface area contributed by atoms with Crippen LogP contribution in [0.1, 0.15) is 5.69 Å². The Morgan fingerprint density at radius 2 is 2.11 bits per heavy atom. The van der Waals surface area contributed by atoms with Crippen molar-refractivity contribution in [1.29, 1.82) is 0 Å². The zero-order valence-electron chi connectivity index (χ0n) is 9.95. The van der Waals surface area contributed by atoms with Crippen LogP contribution in [0.25, 0.3) is 5.65 Å². The van der Waals surface area contributed by atoms with Crippen LogP contribution >= 0.6 is 0 Å². The largest absolute Gasteiger partial charge is 0.390 e. The second kappa shape index (κ2) is 4.70. The van der Waals surface area contributed by atoms with Crippen molar-refractivity contribution >= 4 is 22.3 Å². The molecular weight excluding hydrogens is 250 g/mol. The number of fused-ring (bicyclic) bond motifs is 1. The van der Waals surface area contributed by atoms with E-state index in [1.54, 1.807) is 0 Å². The normalized spacial score (nSPS) is 17.5. The van der Waals surface area contributed by atoms with E-state index < -0.39 is 10.8 Å². The Bertz CT molecular complexity index is 586. The van der Waals surface area contributed by atoms with Crippen molar-refractivity contribution < 1.29 is 9.32 Å². The molecular formula is C12H15N3O2S. The first kappa shape index (κ1) is 11.7. The Labute approximate surface area is 108 Å². The van der Waals surface area contributed by atoms with Gasteiger partial charge in [0.2, 0.25) is 0 Å². The molecule has 3 heterocycles. The minimum atomic E-state index is -0.700. The Kier molecular flexibility index (Phi) is 3.05. The standard InChI is InChI=1S/C12H15N3O2S/c16-9-10-12(14-5-7-18(17)8-6-14)13-11-3-1-2-4-15(10)11/h1-4,16H,5-9H2. The maximum atomic E-state index is 11.4. The highest BCUT2D eigenvalue weighted by Crippen LogP contribution is 2.22. The number of pyridine rings is 1. The van der Waals surface area contributed by atoms with Crippen LogP contribution in [-0.2, 0) is 17.4 Å². The average Bonchev–Trinajstić information content (AvgIpc) is 2.78. The van der Waals surface area contributed by atoms with Gasteiger partial charge in [0.25, 0.3) is 0 Å². The molecule has 1 aliphatic heterocycles. The molecule has 1 aliphatic rings. The summed E-state index contributed by atoms with van der Waals surface area (Å²) in [6.45, 7) is 1.44. The number of hydrogen-bond acceptors (Lipinski definition) is 4. The first-order valence-corrected chi connectivity index (χ1v) is 7.45. The summed E-state index contributed by atoms with van der Waals surface area (Å²) < 4.78 is 13.3. The Hall–Kier alpha value is -1.40. The number of nitrogens with zero attached hydrogens (tertiary/aromatic N) is 3. The molecule has 0 bridgehead atoms. The van der Waals surface area contributed by atoms with Gasteiger partial charge < -0.3 is 10.0 Å². The predicted molar refractivity (Wildman–Crippen MR) is 71.2 cm³/mol. The molecule has 6 heteroatoms. The molecule has 3 rings (SSSR count). The Morgan fingerprint density at radius 1 is 1.33 bits per heavy atom. The number of aliphatic hydroxyl groups is 1. The summed E-state index contributed by atoms with van der Waals surface area (Å²) in [5.41, 5.74) is 1.64. The molecule has 1 saturated heterocycles. The third-order valence-electron chi connectivity index (χ3n) is 3.23. The molecule has 0 radical (unpaired) electrons. The van der Waals surface area contributed by atoms with Gasteiger partial charge >= 0.3 is 0 Å². The Balaban J connectivity index is 2.03. The minimum absolute atomic E-state index is 0.0416. The molecule has 0 spiro atoms. The van der Waals surface area contributed by atoms with Gasteiger partial charge in [0.1, 0.15) is 5.65 Å². The van der Waals surface area contributed by atoms with Crippen LogP contribution in [0.4, 0.5) is 5.82 Å². The van der Waals surface area contributed by atoms with Crippen molar-refractivity contribution in [1.82, 2.24) is 9.38 Å². The number of anilines is 1. The van der Waals surface area contributed by atoms with Crippen molar-refractivity contribution in [2.24, 2.45) is 0 Å². The van der Waals surface area contributed by atoms with E-state index in [9.17, 15) is 9.32 Å². The van der Waals surface area contributed by atoms with E-state index in [-0.39, 0.29) is 6.61 Å². The zero-order chi connectivity index (χ0) is 12.5. The first-order valence-electron chi connectivity index (χ1n) is 5.96. The summed E-state index contributed by atoms with van der Waals surface area (Å²) in [4.78, 5) is 6.67. The van der Waals surface area contributed by atoms with Gasteiger partial charge in [-0.15, -0.1) is 0 Å². The van der Waals surface area contributed by atoms with Crippen LogP contribution in [0, 0.1) is 0 Å². The number of aromatic nitrogens is 2. The molecule has 0 saturated carbocycles. The van der Waals surface area contributed by atoms with Gasteiger partial charge in [0.05, 0.1) is 12.3 Å². The highest BCUT2D eigenvalue weighted by atomic mass is 32.2. The lowest BCUT2D eigenvalue weighted by atomic mass is 10.4. The summed E-state index contributed by atoms with van der Waals surface area (Å²) in [5, 5.41) is 9.54. The molecule has 0 aliphatic carbocycles. The quantitative estimate of drug-likeness (QED) is 0.853. The van der Waals surface area contributed by atoms with E-state index in [1.165, 1.54) is 0 Å². The molecule has 96 valence electrons. The number of imidazole rings is 1. The third kappa shape index (κ3) is 1.91. The van der Waals surface area contributed by atoms with E-state index in [0.29, 0.717) is 11.5 Å². The van der Waals surface area contributed by atoms with Crippen LogP contribution in [0.3, 0.4) is 0 Å². The lowest BCUT2D eigenvalue weighted by Crippen LogP contribution is -2.38. The molecule has 1 N–H and O–H groups in total. The first-order chi connectivity index (χ1) is 8.79.